The number of aryl methyl sites for hydroxylation is 1. The van der Waals surface area contributed by atoms with Crippen LogP contribution in [0, 0.1) is 11.3 Å². The van der Waals surface area contributed by atoms with Gasteiger partial charge in [0.25, 0.3) is 0 Å². The van der Waals surface area contributed by atoms with Crippen LogP contribution >= 0.6 is 15.9 Å². The van der Waals surface area contributed by atoms with Gasteiger partial charge >= 0.3 is 0 Å². The third kappa shape index (κ3) is 2.68. The Labute approximate surface area is 113 Å². The first kappa shape index (κ1) is 12.6. The normalized spacial score (nSPS) is 10.1. The molecule has 0 unspecified atom stereocenters. The Morgan fingerprint density at radius 2 is 2.33 bits per heavy atom. The molecule has 0 aliphatic rings. The van der Waals surface area contributed by atoms with Gasteiger partial charge in [0.1, 0.15) is 5.75 Å². The molecule has 0 saturated heterocycles. The molecule has 0 N–H and O–H groups in total. The highest BCUT2D eigenvalue weighted by atomic mass is 79.9. The van der Waals surface area contributed by atoms with Crippen molar-refractivity contribution >= 4 is 15.9 Å². The van der Waals surface area contributed by atoms with E-state index < -0.39 is 0 Å². The summed E-state index contributed by atoms with van der Waals surface area (Å²) in [5, 5.41) is 12.4. The molecule has 0 spiro atoms. The zero-order valence-electron chi connectivity index (χ0n) is 9.68. The number of methoxy groups -OCH3 is 1. The SMILES string of the molecule is COc1ccc(-c2noc(CCC#N)n2)cc1Br. The summed E-state index contributed by atoms with van der Waals surface area (Å²) in [5.74, 6) is 1.72. The first-order chi connectivity index (χ1) is 8.74. The predicted molar refractivity (Wildman–Crippen MR) is 67.9 cm³/mol. The third-order valence-electron chi connectivity index (χ3n) is 2.33. The van der Waals surface area contributed by atoms with Gasteiger partial charge in [-0.25, -0.2) is 0 Å². The summed E-state index contributed by atoms with van der Waals surface area (Å²) < 4.78 is 11.0. The summed E-state index contributed by atoms with van der Waals surface area (Å²) >= 11 is 3.40. The third-order valence-corrected chi connectivity index (χ3v) is 2.95. The molecule has 2 aromatic rings. The van der Waals surface area contributed by atoms with Crippen molar-refractivity contribution in [1.82, 2.24) is 10.1 Å². The average Bonchev–Trinajstić information content (AvgIpc) is 2.85. The van der Waals surface area contributed by atoms with Crippen molar-refractivity contribution in [2.24, 2.45) is 0 Å². The summed E-state index contributed by atoms with van der Waals surface area (Å²) in [6.45, 7) is 0. The Hall–Kier alpha value is -1.87. The minimum absolute atomic E-state index is 0.369. The molecule has 0 atom stereocenters. The van der Waals surface area contributed by atoms with Gasteiger partial charge in [-0.3, -0.25) is 0 Å². The lowest BCUT2D eigenvalue weighted by Gasteiger charge is -2.03. The van der Waals surface area contributed by atoms with Crippen molar-refractivity contribution in [1.29, 1.82) is 5.26 Å². The molecule has 18 heavy (non-hydrogen) atoms. The summed E-state index contributed by atoms with van der Waals surface area (Å²) in [6.07, 6.45) is 0.842. The van der Waals surface area contributed by atoms with E-state index in [9.17, 15) is 0 Å². The molecular weight excluding hydrogens is 298 g/mol. The molecule has 0 amide bonds. The van der Waals surface area contributed by atoms with Gasteiger partial charge in [-0.15, -0.1) is 0 Å². The number of ether oxygens (including phenoxy) is 1. The number of nitrogens with zero attached hydrogens (tertiary/aromatic N) is 3. The maximum absolute atomic E-state index is 8.49. The van der Waals surface area contributed by atoms with Gasteiger partial charge in [-0.2, -0.15) is 10.2 Å². The molecule has 5 nitrogen and oxygen atoms in total. The second-order valence-corrected chi connectivity index (χ2v) is 4.37. The lowest BCUT2D eigenvalue weighted by atomic mass is 10.2. The van der Waals surface area contributed by atoms with E-state index in [-0.39, 0.29) is 0 Å². The summed E-state index contributed by atoms with van der Waals surface area (Å²) in [4.78, 5) is 4.22. The zero-order chi connectivity index (χ0) is 13.0. The molecule has 0 aliphatic carbocycles. The second kappa shape index (κ2) is 5.65. The standard InChI is InChI=1S/C12H10BrN3O2/c1-17-10-5-4-8(7-9(10)13)12-15-11(18-16-12)3-2-6-14/h4-5,7H,2-3H2,1H3. The Morgan fingerprint density at radius 3 is 3.00 bits per heavy atom. The fraction of sp³-hybridized carbons (Fsp3) is 0.250. The first-order valence-electron chi connectivity index (χ1n) is 5.28. The number of rotatable bonds is 4. The predicted octanol–water partition coefficient (Wildman–Crippen LogP) is 2.96. The minimum Gasteiger partial charge on any atom is -0.496 e. The van der Waals surface area contributed by atoms with E-state index >= 15 is 0 Å². The van der Waals surface area contributed by atoms with Gasteiger partial charge in [-0.05, 0) is 34.1 Å². The van der Waals surface area contributed by atoms with Crippen LogP contribution in [0.15, 0.2) is 27.2 Å². The Kier molecular flexibility index (Phi) is 3.95. The molecule has 1 aromatic heterocycles. The largest absolute Gasteiger partial charge is 0.496 e. The molecule has 2 rings (SSSR count). The van der Waals surface area contributed by atoms with Crippen molar-refractivity contribution in [2.45, 2.75) is 12.8 Å². The van der Waals surface area contributed by atoms with Crippen LogP contribution < -0.4 is 4.74 Å². The van der Waals surface area contributed by atoms with Crippen molar-refractivity contribution in [3.05, 3.63) is 28.6 Å². The molecule has 0 fully saturated rings. The van der Waals surface area contributed by atoms with Crippen LogP contribution in [-0.2, 0) is 6.42 Å². The molecule has 0 radical (unpaired) electrons. The number of hydrogen-bond donors (Lipinski definition) is 0. The highest BCUT2D eigenvalue weighted by Gasteiger charge is 2.10. The molecular formula is C12H10BrN3O2. The van der Waals surface area contributed by atoms with E-state index in [0.29, 0.717) is 24.6 Å². The van der Waals surface area contributed by atoms with Crippen LogP contribution in [-0.4, -0.2) is 17.3 Å². The summed E-state index contributed by atoms with van der Waals surface area (Å²) in [5.41, 5.74) is 0.828. The highest BCUT2D eigenvalue weighted by Crippen LogP contribution is 2.29. The molecule has 0 saturated carbocycles. The second-order valence-electron chi connectivity index (χ2n) is 3.52. The van der Waals surface area contributed by atoms with E-state index in [1.54, 1.807) is 7.11 Å². The molecule has 92 valence electrons. The van der Waals surface area contributed by atoms with Gasteiger partial charge in [0.2, 0.25) is 11.7 Å². The first-order valence-corrected chi connectivity index (χ1v) is 6.07. The number of nitriles is 1. The number of hydrogen-bond acceptors (Lipinski definition) is 5. The number of benzene rings is 1. The fourth-order valence-corrected chi connectivity index (χ4v) is 1.98. The van der Waals surface area contributed by atoms with Crippen LogP contribution in [0.1, 0.15) is 12.3 Å². The maximum atomic E-state index is 8.49. The topological polar surface area (TPSA) is 71.9 Å². The molecule has 1 aromatic carbocycles. The van der Waals surface area contributed by atoms with E-state index in [2.05, 4.69) is 26.1 Å². The lowest BCUT2D eigenvalue weighted by Crippen LogP contribution is -1.87. The van der Waals surface area contributed by atoms with Gasteiger partial charge < -0.3 is 9.26 Å². The van der Waals surface area contributed by atoms with E-state index in [1.807, 2.05) is 24.3 Å². The van der Waals surface area contributed by atoms with Crippen LogP contribution in [0.4, 0.5) is 0 Å². The van der Waals surface area contributed by atoms with Gasteiger partial charge in [-0.1, -0.05) is 5.16 Å². The van der Waals surface area contributed by atoms with Gasteiger partial charge in [0, 0.05) is 18.4 Å². The van der Waals surface area contributed by atoms with Crippen LogP contribution in [0.3, 0.4) is 0 Å². The Balaban J connectivity index is 2.23. The molecule has 1 heterocycles. The number of halogens is 1. The fourth-order valence-electron chi connectivity index (χ4n) is 1.44. The van der Waals surface area contributed by atoms with Gasteiger partial charge in [0.15, 0.2) is 0 Å². The van der Waals surface area contributed by atoms with Crippen LogP contribution in [0.2, 0.25) is 0 Å². The van der Waals surface area contributed by atoms with Gasteiger partial charge in [0.05, 0.1) is 17.7 Å². The monoisotopic (exact) mass is 307 g/mol. The van der Waals surface area contributed by atoms with E-state index in [0.717, 1.165) is 15.8 Å². The molecule has 0 aliphatic heterocycles. The van der Waals surface area contributed by atoms with Crippen molar-refractivity contribution < 1.29 is 9.26 Å². The van der Waals surface area contributed by atoms with E-state index in [4.69, 9.17) is 14.5 Å². The smallest absolute Gasteiger partial charge is 0.227 e. The van der Waals surface area contributed by atoms with Crippen molar-refractivity contribution in [3.63, 3.8) is 0 Å². The Morgan fingerprint density at radius 1 is 1.50 bits per heavy atom. The zero-order valence-corrected chi connectivity index (χ0v) is 11.3. The van der Waals surface area contributed by atoms with E-state index in [1.165, 1.54) is 0 Å². The van der Waals surface area contributed by atoms with Crippen LogP contribution in [0.5, 0.6) is 5.75 Å². The average molecular weight is 308 g/mol. The quantitative estimate of drug-likeness (QED) is 0.868. The minimum atomic E-state index is 0.369. The summed E-state index contributed by atoms with van der Waals surface area (Å²) in [6, 6.07) is 7.57. The van der Waals surface area contributed by atoms with Crippen molar-refractivity contribution in [3.8, 4) is 23.2 Å². The van der Waals surface area contributed by atoms with Crippen LogP contribution in [0.25, 0.3) is 11.4 Å². The number of aromatic nitrogens is 2. The highest BCUT2D eigenvalue weighted by molar-refractivity contribution is 9.10. The summed E-state index contributed by atoms with van der Waals surface area (Å²) in [7, 11) is 1.61. The molecule has 0 bridgehead atoms. The molecule has 6 heteroatoms. The Bertz CT molecular complexity index is 589. The maximum Gasteiger partial charge on any atom is 0.227 e. The lowest BCUT2D eigenvalue weighted by molar-refractivity contribution is 0.380. The van der Waals surface area contributed by atoms with Crippen molar-refractivity contribution in [2.75, 3.05) is 7.11 Å².